The first-order valence-corrected chi connectivity index (χ1v) is 8.25. The number of nitrogens with zero attached hydrogens (tertiary/aromatic N) is 5. The summed E-state index contributed by atoms with van der Waals surface area (Å²) in [7, 11) is 0. The highest BCUT2D eigenvalue weighted by Crippen LogP contribution is 2.17. The third-order valence-electron chi connectivity index (χ3n) is 2.43. The van der Waals surface area contributed by atoms with Crippen LogP contribution in [0.2, 0.25) is 0 Å². The molecule has 2 rings (SSSR count). The van der Waals surface area contributed by atoms with Crippen LogP contribution in [0.25, 0.3) is 0 Å². The number of thioether (sulfide) groups is 1. The highest BCUT2D eigenvalue weighted by molar-refractivity contribution is 8.02. The van der Waals surface area contributed by atoms with Crippen molar-refractivity contribution in [2.75, 3.05) is 12.8 Å². The van der Waals surface area contributed by atoms with Crippen molar-refractivity contribution in [1.29, 1.82) is 0 Å². The normalized spacial score (nSPS) is 16.9. The van der Waals surface area contributed by atoms with Crippen LogP contribution in [0, 0.1) is 0 Å². The van der Waals surface area contributed by atoms with Crippen LogP contribution in [0.3, 0.4) is 0 Å². The second-order valence-corrected chi connectivity index (χ2v) is 5.41. The van der Waals surface area contributed by atoms with E-state index in [0.717, 1.165) is 23.0 Å². The lowest BCUT2D eigenvalue weighted by Crippen LogP contribution is -2.60. The van der Waals surface area contributed by atoms with E-state index in [1.54, 1.807) is 17.0 Å². The summed E-state index contributed by atoms with van der Waals surface area (Å²) in [4.78, 5) is 15.2. The molecule has 22 heavy (non-hydrogen) atoms. The van der Waals surface area contributed by atoms with E-state index < -0.39 is 0 Å². The first-order valence-electron chi connectivity index (χ1n) is 7.03. The first kappa shape index (κ1) is 18.3. The van der Waals surface area contributed by atoms with Gasteiger partial charge in [-0.25, -0.2) is 20.4 Å². The molecule has 1 aliphatic heterocycles. The lowest BCUT2D eigenvalue weighted by Gasteiger charge is -2.32. The molecular formula is C13H24N8S. The zero-order valence-corrected chi connectivity index (χ0v) is 14.5. The molecular weight excluding hydrogens is 300 g/mol. The van der Waals surface area contributed by atoms with Crippen molar-refractivity contribution >= 4 is 17.6 Å². The minimum Gasteiger partial charge on any atom is -0.281 e. The predicted octanol–water partition coefficient (Wildman–Crippen LogP) is 1.11. The van der Waals surface area contributed by atoms with Gasteiger partial charge in [0, 0.05) is 18.2 Å². The molecule has 1 aromatic heterocycles. The van der Waals surface area contributed by atoms with Gasteiger partial charge in [-0.3, -0.25) is 15.8 Å². The maximum Gasteiger partial charge on any atom is 0.143 e. The van der Waals surface area contributed by atoms with E-state index in [1.165, 1.54) is 19.0 Å². The van der Waals surface area contributed by atoms with Gasteiger partial charge in [0.05, 0.1) is 5.03 Å². The maximum atomic E-state index is 4.56. The third kappa shape index (κ3) is 6.37. The second-order valence-electron chi connectivity index (χ2n) is 4.59. The number of amidine groups is 1. The SMILES string of the molecule is CCNN1NC(=NC(C)C)C(C)=C(SC)N1.c1ncncn1. The van der Waals surface area contributed by atoms with Crippen molar-refractivity contribution in [2.45, 2.75) is 33.7 Å². The number of hydrazine groups is 3. The van der Waals surface area contributed by atoms with Crippen molar-refractivity contribution in [3.8, 4) is 0 Å². The zero-order valence-electron chi connectivity index (χ0n) is 13.7. The van der Waals surface area contributed by atoms with Gasteiger partial charge in [0.2, 0.25) is 0 Å². The molecule has 3 N–H and O–H groups in total. The topological polar surface area (TPSA) is 90.4 Å². The summed E-state index contributed by atoms with van der Waals surface area (Å²) in [5, 5.41) is 2.86. The number of hydrogen-bond acceptors (Lipinski definition) is 8. The predicted molar refractivity (Wildman–Crippen MR) is 90.4 cm³/mol. The summed E-state index contributed by atoms with van der Waals surface area (Å²) in [6.45, 7) is 9.10. The fraction of sp³-hybridized carbons (Fsp3) is 0.538. The van der Waals surface area contributed by atoms with Crippen LogP contribution < -0.4 is 16.3 Å². The fourth-order valence-corrected chi connectivity index (χ4v) is 2.12. The monoisotopic (exact) mass is 324 g/mol. The van der Waals surface area contributed by atoms with Crippen LogP contribution in [0.5, 0.6) is 0 Å². The molecule has 1 aliphatic rings. The fourth-order valence-electron chi connectivity index (χ4n) is 1.54. The molecule has 0 bridgehead atoms. The number of nitrogens with one attached hydrogen (secondary N) is 3. The van der Waals surface area contributed by atoms with Crippen molar-refractivity contribution < 1.29 is 0 Å². The zero-order chi connectivity index (χ0) is 16.4. The van der Waals surface area contributed by atoms with E-state index in [2.05, 4.69) is 57.0 Å². The molecule has 8 nitrogen and oxygen atoms in total. The van der Waals surface area contributed by atoms with Crippen LogP contribution in [0.15, 0.2) is 34.6 Å². The Labute approximate surface area is 135 Å². The Kier molecular flexibility index (Phi) is 8.41. The summed E-state index contributed by atoms with van der Waals surface area (Å²) in [5.74, 6) is 0.916. The summed E-state index contributed by atoms with van der Waals surface area (Å²) in [6.07, 6.45) is 6.36. The molecule has 0 aromatic carbocycles. The smallest absolute Gasteiger partial charge is 0.143 e. The summed E-state index contributed by atoms with van der Waals surface area (Å²) in [5.41, 5.74) is 10.7. The van der Waals surface area contributed by atoms with Gasteiger partial charge in [0.25, 0.3) is 0 Å². The standard InChI is InChI=1S/C10H21N5S.C3H3N3/c1-6-11-15-13-9(12-7(2)3)8(4)10(14-15)16-5;1-4-2-6-3-5-1/h7,11,14H,6H2,1-5H3,(H,12,13);1-3H. The molecule has 0 radical (unpaired) electrons. The van der Waals surface area contributed by atoms with E-state index in [1.807, 2.05) is 13.2 Å². The van der Waals surface area contributed by atoms with Gasteiger partial charge >= 0.3 is 0 Å². The van der Waals surface area contributed by atoms with E-state index in [0.29, 0.717) is 0 Å². The molecule has 122 valence electrons. The van der Waals surface area contributed by atoms with E-state index in [-0.39, 0.29) is 6.04 Å². The van der Waals surface area contributed by atoms with Gasteiger partial charge in [-0.1, -0.05) is 12.2 Å². The maximum absolute atomic E-state index is 4.56. The van der Waals surface area contributed by atoms with E-state index >= 15 is 0 Å². The Balaban J connectivity index is 0.000000335. The van der Waals surface area contributed by atoms with Gasteiger partial charge < -0.3 is 0 Å². The Bertz CT molecular complexity index is 461. The largest absolute Gasteiger partial charge is 0.281 e. The highest BCUT2D eigenvalue weighted by Gasteiger charge is 2.19. The Morgan fingerprint density at radius 2 is 1.82 bits per heavy atom. The molecule has 0 aliphatic carbocycles. The minimum atomic E-state index is 0.280. The van der Waals surface area contributed by atoms with Gasteiger partial charge in [-0.2, -0.15) is 0 Å². The molecule has 0 atom stereocenters. The van der Waals surface area contributed by atoms with Crippen molar-refractivity contribution in [3.05, 3.63) is 29.6 Å². The van der Waals surface area contributed by atoms with Crippen molar-refractivity contribution in [2.24, 2.45) is 4.99 Å². The molecule has 0 saturated heterocycles. The molecule has 0 saturated carbocycles. The number of rotatable bonds is 4. The lowest BCUT2D eigenvalue weighted by atomic mass is 10.3. The first-order chi connectivity index (χ1) is 10.6. The van der Waals surface area contributed by atoms with Gasteiger partial charge in [0.1, 0.15) is 24.8 Å². The van der Waals surface area contributed by atoms with Crippen LogP contribution in [-0.2, 0) is 0 Å². The number of aliphatic imine (C=N–C) groups is 1. The van der Waals surface area contributed by atoms with Crippen LogP contribution in [-0.4, -0.2) is 44.9 Å². The highest BCUT2D eigenvalue weighted by atomic mass is 32.2. The average molecular weight is 324 g/mol. The summed E-state index contributed by atoms with van der Waals surface area (Å²) in [6, 6.07) is 0.280. The molecule has 2 heterocycles. The second kappa shape index (κ2) is 10.1. The molecule has 0 spiro atoms. The Hall–Kier alpha value is -1.71. The quantitative estimate of drug-likeness (QED) is 0.759. The third-order valence-corrected chi connectivity index (χ3v) is 3.24. The van der Waals surface area contributed by atoms with Crippen molar-refractivity contribution in [3.63, 3.8) is 0 Å². The van der Waals surface area contributed by atoms with Gasteiger partial charge in [0.15, 0.2) is 0 Å². The Morgan fingerprint density at radius 3 is 2.23 bits per heavy atom. The lowest BCUT2D eigenvalue weighted by molar-refractivity contribution is 0.0999. The molecule has 1 aromatic rings. The molecule has 9 heteroatoms. The summed E-state index contributed by atoms with van der Waals surface area (Å²) >= 11 is 1.68. The van der Waals surface area contributed by atoms with Crippen LogP contribution >= 0.6 is 11.8 Å². The minimum absolute atomic E-state index is 0.280. The molecule has 0 fully saturated rings. The number of aromatic nitrogens is 3. The van der Waals surface area contributed by atoms with Crippen molar-refractivity contribution in [1.82, 2.24) is 36.5 Å². The Morgan fingerprint density at radius 1 is 1.23 bits per heavy atom. The average Bonchev–Trinajstić information content (AvgIpc) is 2.52. The number of hydrogen-bond donors (Lipinski definition) is 3. The van der Waals surface area contributed by atoms with Crippen LogP contribution in [0.1, 0.15) is 27.7 Å². The van der Waals surface area contributed by atoms with E-state index in [4.69, 9.17) is 0 Å². The summed E-state index contributed by atoms with van der Waals surface area (Å²) < 4.78 is 0. The van der Waals surface area contributed by atoms with Gasteiger partial charge in [-0.05, 0) is 27.0 Å². The molecule has 0 unspecified atom stereocenters. The van der Waals surface area contributed by atoms with E-state index in [9.17, 15) is 0 Å². The van der Waals surface area contributed by atoms with Crippen LogP contribution in [0.4, 0.5) is 0 Å². The van der Waals surface area contributed by atoms with Gasteiger partial charge in [-0.15, -0.1) is 11.8 Å². The molecule has 0 amide bonds.